The van der Waals surface area contributed by atoms with Crippen molar-refractivity contribution in [1.82, 2.24) is 0 Å². The molecule has 0 heterocycles. The summed E-state index contributed by atoms with van der Waals surface area (Å²) in [6.45, 7) is 4.66. The Morgan fingerprint density at radius 2 is 1.59 bits per heavy atom. The maximum atomic E-state index is 11.8. The van der Waals surface area contributed by atoms with E-state index < -0.39 is 5.97 Å². The Labute approximate surface area is 131 Å². The molecule has 0 atom stereocenters. The highest BCUT2D eigenvalue weighted by molar-refractivity contribution is 5.88. The molecule has 22 heavy (non-hydrogen) atoms. The molecule has 114 valence electrons. The van der Waals surface area contributed by atoms with Crippen LogP contribution in [0.3, 0.4) is 0 Å². The van der Waals surface area contributed by atoms with E-state index in [2.05, 4.69) is 6.92 Å². The molecule has 0 saturated carbocycles. The van der Waals surface area contributed by atoms with Gasteiger partial charge in [-0.2, -0.15) is 0 Å². The normalized spacial score (nSPS) is 10.6. The standard InChI is InChI=1S/C19H20O3/c1-3-15-5-12-18(13-6-15)22-19(20)14-9-16-7-10-17(11-8-16)21-4-2/h5-14H,3-4H2,1-2H3/b14-9+. The van der Waals surface area contributed by atoms with E-state index in [9.17, 15) is 4.79 Å². The summed E-state index contributed by atoms with van der Waals surface area (Å²) in [6, 6.07) is 15.1. The van der Waals surface area contributed by atoms with Gasteiger partial charge in [-0.05, 0) is 54.8 Å². The van der Waals surface area contributed by atoms with Crippen LogP contribution in [0.1, 0.15) is 25.0 Å². The lowest BCUT2D eigenvalue weighted by Crippen LogP contribution is -2.03. The Morgan fingerprint density at radius 1 is 0.955 bits per heavy atom. The summed E-state index contributed by atoms with van der Waals surface area (Å²) in [5, 5.41) is 0. The molecular formula is C19H20O3. The van der Waals surface area contributed by atoms with Gasteiger partial charge < -0.3 is 9.47 Å². The third kappa shape index (κ3) is 4.77. The molecule has 0 radical (unpaired) electrons. The summed E-state index contributed by atoms with van der Waals surface area (Å²) in [4.78, 5) is 11.8. The summed E-state index contributed by atoms with van der Waals surface area (Å²) in [6.07, 6.45) is 4.10. The predicted molar refractivity (Wildman–Crippen MR) is 88.1 cm³/mol. The van der Waals surface area contributed by atoms with Gasteiger partial charge in [0.15, 0.2) is 0 Å². The van der Waals surface area contributed by atoms with Crippen LogP contribution in [-0.4, -0.2) is 12.6 Å². The lowest BCUT2D eigenvalue weighted by Gasteiger charge is -2.03. The summed E-state index contributed by atoms with van der Waals surface area (Å²) < 4.78 is 10.6. The van der Waals surface area contributed by atoms with Crippen molar-refractivity contribution in [1.29, 1.82) is 0 Å². The van der Waals surface area contributed by atoms with Crippen molar-refractivity contribution in [3.05, 3.63) is 65.7 Å². The molecule has 0 aromatic heterocycles. The largest absolute Gasteiger partial charge is 0.494 e. The van der Waals surface area contributed by atoms with E-state index in [0.29, 0.717) is 12.4 Å². The first kappa shape index (κ1) is 15.8. The van der Waals surface area contributed by atoms with Crippen molar-refractivity contribution >= 4 is 12.0 Å². The molecule has 2 rings (SSSR count). The number of carbonyl (C=O) groups excluding carboxylic acids is 1. The van der Waals surface area contributed by atoms with Gasteiger partial charge in [0, 0.05) is 6.08 Å². The van der Waals surface area contributed by atoms with Gasteiger partial charge in [0.05, 0.1) is 6.61 Å². The molecule has 0 N–H and O–H groups in total. The summed E-state index contributed by atoms with van der Waals surface area (Å²) in [5.41, 5.74) is 2.13. The second kappa shape index (κ2) is 8.03. The number of esters is 1. The lowest BCUT2D eigenvalue weighted by molar-refractivity contribution is -0.128. The minimum atomic E-state index is -0.391. The number of aryl methyl sites for hydroxylation is 1. The van der Waals surface area contributed by atoms with E-state index in [-0.39, 0.29) is 0 Å². The zero-order valence-electron chi connectivity index (χ0n) is 12.9. The van der Waals surface area contributed by atoms with Crippen LogP contribution in [0.25, 0.3) is 6.08 Å². The first-order chi connectivity index (χ1) is 10.7. The van der Waals surface area contributed by atoms with Crippen LogP contribution in [-0.2, 0) is 11.2 Å². The minimum absolute atomic E-state index is 0.391. The van der Waals surface area contributed by atoms with E-state index in [1.165, 1.54) is 11.6 Å². The predicted octanol–water partition coefficient (Wildman–Crippen LogP) is 4.27. The van der Waals surface area contributed by atoms with Crippen molar-refractivity contribution in [3.8, 4) is 11.5 Å². The summed E-state index contributed by atoms with van der Waals surface area (Å²) in [5.74, 6) is 0.981. The topological polar surface area (TPSA) is 35.5 Å². The maximum Gasteiger partial charge on any atom is 0.336 e. The van der Waals surface area contributed by atoms with Crippen LogP contribution in [0.2, 0.25) is 0 Å². The maximum absolute atomic E-state index is 11.8. The molecule has 2 aromatic carbocycles. The van der Waals surface area contributed by atoms with E-state index in [1.807, 2.05) is 43.3 Å². The van der Waals surface area contributed by atoms with Crippen LogP contribution in [0, 0.1) is 0 Å². The molecule has 0 aliphatic rings. The van der Waals surface area contributed by atoms with E-state index in [1.54, 1.807) is 18.2 Å². The molecule has 0 amide bonds. The van der Waals surface area contributed by atoms with Crippen molar-refractivity contribution in [2.45, 2.75) is 20.3 Å². The van der Waals surface area contributed by atoms with Crippen LogP contribution in [0.5, 0.6) is 11.5 Å². The van der Waals surface area contributed by atoms with E-state index in [0.717, 1.165) is 17.7 Å². The summed E-state index contributed by atoms with van der Waals surface area (Å²) >= 11 is 0. The SMILES string of the molecule is CCOc1ccc(/C=C/C(=O)Oc2ccc(CC)cc2)cc1. The monoisotopic (exact) mass is 296 g/mol. The number of carbonyl (C=O) groups is 1. The smallest absolute Gasteiger partial charge is 0.336 e. The fourth-order valence-electron chi connectivity index (χ4n) is 1.95. The van der Waals surface area contributed by atoms with Gasteiger partial charge in [0.25, 0.3) is 0 Å². The highest BCUT2D eigenvalue weighted by atomic mass is 16.5. The first-order valence-corrected chi connectivity index (χ1v) is 7.43. The van der Waals surface area contributed by atoms with Gasteiger partial charge >= 0.3 is 5.97 Å². The number of hydrogen-bond donors (Lipinski definition) is 0. The molecule has 0 spiro atoms. The molecule has 3 heteroatoms. The molecule has 0 saturated heterocycles. The van der Waals surface area contributed by atoms with Crippen molar-refractivity contribution < 1.29 is 14.3 Å². The zero-order valence-corrected chi connectivity index (χ0v) is 12.9. The van der Waals surface area contributed by atoms with Crippen molar-refractivity contribution in [2.24, 2.45) is 0 Å². The third-order valence-electron chi connectivity index (χ3n) is 3.15. The molecule has 3 nitrogen and oxygen atoms in total. The van der Waals surface area contributed by atoms with E-state index >= 15 is 0 Å². The molecular weight excluding hydrogens is 276 g/mol. The van der Waals surface area contributed by atoms with Gasteiger partial charge in [-0.25, -0.2) is 4.79 Å². The third-order valence-corrected chi connectivity index (χ3v) is 3.15. The average Bonchev–Trinajstić information content (AvgIpc) is 2.55. The van der Waals surface area contributed by atoms with Crippen LogP contribution in [0.15, 0.2) is 54.6 Å². The number of hydrogen-bond acceptors (Lipinski definition) is 3. The van der Waals surface area contributed by atoms with Gasteiger partial charge in [-0.3, -0.25) is 0 Å². The van der Waals surface area contributed by atoms with Crippen molar-refractivity contribution in [2.75, 3.05) is 6.61 Å². The summed E-state index contributed by atoms with van der Waals surface area (Å²) in [7, 11) is 0. The molecule has 0 fully saturated rings. The fourth-order valence-corrected chi connectivity index (χ4v) is 1.95. The molecule has 0 bridgehead atoms. The second-order valence-electron chi connectivity index (χ2n) is 4.75. The Kier molecular flexibility index (Phi) is 5.78. The van der Waals surface area contributed by atoms with Gasteiger partial charge in [0.1, 0.15) is 11.5 Å². The Balaban J connectivity index is 1.92. The van der Waals surface area contributed by atoms with E-state index in [4.69, 9.17) is 9.47 Å². The highest BCUT2D eigenvalue weighted by Gasteiger charge is 2.00. The molecule has 0 aliphatic carbocycles. The van der Waals surface area contributed by atoms with Gasteiger partial charge in [-0.15, -0.1) is 0 Å². The molecule has 0 aliphatic heterocycles. The van der Waals surface area contributed by atoms with Crippen molar-refractivity contribution in [3.63, 3.8) is 0 Å². The minimum Gasteiger partial charge on any atom is -0.494 e. The van der Waals surface area contributed by atoms with Crippen LogP contribution < -0.4 is 9.47 Å². The van der Waals surface area contributed by atoms with Gasteiger partial charge in [-0.1, -0.05) is 31.2 Å². The number of benzene rings is 2. The molecule has 0 unspecified atom stereocenters. The Bertz CT molecular complexity index is 625. The quantitative estimate of drug-likeness (QED) is 0.454. The number of ether oxygens (including phenoxy) is 2. The average molecular weight is 296 g/mol. The number of rotatable bonds is 6. The van der Waals surface area contributed by atoms with Crippen LogP contribution in [0.4, 0.5) is 0 Å². The first-order valence-electron chi connectivity index (χ1n) is 7.43. The fraction of sp³-hybridized carbons (Fsp3) is 0.211. The van der Waals surface area contributed by atoms with Crippen LogP contribution >= 0.6 is 0 Å². The Morgan fingerprint density at radius 3 is 2.18 bits per heavy atom. The van der Waals surface area contributed by atoms with Gasteiger partial charge in [0.2, 0.25) is 0 Å². The highest BCUT2D eigenvalue weighted by Crippen LogP contribution is 2.15. The lowest BCUT2D eigenvalue weighted by atomic mass is 10.2. The second-order valence-corrected chi connectivity index (χ2v) is 4.75. The Hall–Kier alpha value is -2.55. The zero-order chi connectivity index (χ0) is 15.8. The molecule has 2 aromatic rings.